The summed E-state index contributed by atoms with van der Waals surface area (Å²) in [4.78, 5) is 2.46. The van der Waals surface area contributed by atoms with Crippen LogP contribution in [0, 0.1) is 6.92 Å². The van der Waals surface area contributed by atoms with Crippen LogP contribution in [0.3, 0.4) is 0 Å². The second-order valence-electron chi connectivity index (χ2n) is 3.60. The fraction of sp³-hybridized carbons (Fsp3) is 0.143. The summed E-state index contributed by atoms with van der Waals surface area (Å²) >= 11 is 1.75. The minimum absolute atomic E-state index is 0.901. The molecule has 2 rings (SSSR count). The number of rotatable bonds is 3. The Morgan fingerprint density at radius 1 is 0.938 bits per heavy atom. The Morgan fingerprint density at radius 3 is 2.31 bits per heavy atom. The lowest BCUT2D eigenvalue weighted by atomic mass is 10.2. The summed E-state index contributed by atoms with van der Waals surface area (Å²) in [6.45, 7) is 2.11. The molecule has 82 valence electrons. The van der Waals surface area contributed by atoms with Gasteiger partial charge < -0.3 is 4.74 Å². The van der Waals surface area contributed by atoms with Crippen molar-refractivity contribution in [1.82, 2.24) is 0 Å². The first kappa shape index (κ1) is 11.1. The smallest absolute Gasteiger partial charge is 0.119 e. The molecule has 0 saturated heterocycles. The van der Waals surface area contributed by atoms with Crippen LogP contribution in [0.25, 0.3) is 0 Å². The van der Waals surface area contributed by atoms with Gasteiger partial charge in [0.05, 0.1) is 7.11 Å². The van der Waals surface area contributed by atoms with Gasteiger partial charge >= 0.3 is 0 Å². The normalized spacial score (nSPS) is 10.1. The molecule has 2 heteroatoms. The van der Waals surface area contributed by atoms with Crippen LogP contribution in [0.15, 0.2) is 58.3 Å². The van der Waals surface area contributed by atoms with E-state index in [2.05, 4.69) is 37.3 Å². The monoisotopic (exact) mass is 230 g/mol. The zero-order chi connectivity index (χ0) is 11.4. The largest absolute Gasteiger partial charge is 0.497 e. The van der Waals surface area contributed by atoms with Gasteiger partial charge in [0.15, 0.2) is 0 Å². The van der Waals surface area contributed by atoms with Gasteiger partial charge in [-0.3, -0.25) is 0 Å². The minimum Gasteiger partial charge on any atom is -0.497 e. The molecule has 0 aliphatic rings. The van der Waals surface area contributed by atoms with E-state index in [0.717, 1.165) is 5.75 Å². The zero-order valence-electron chi connectivity index (χ0n) is 9.44. The van der Waals surface area contributed by atoms with Crippen molar-refractivity contribution in [3.63, 3.8) is 0 Å². The lowest BCUT2D eigenvalue weighted by Crippen LogP contribution is -1.82. The first-order chi connectivity index (χ1) is 7.78. The average molecular weight is 230 g/mol. The molecule has 0 atom stereocenters. The van der Waals surface area contributed by atoms with Crippen molar-refractivity contribution in [2.24, 2.45) is 0 Å². The lowest BCUT2D eigenvalue weighted by Gasteiger charge is -2.04. The summed E-state index contributed by atoms with van der Waals surface area (Å²) in [5, 5.41) is 0. The number of aryl methyl sites for hydroxylation is 1. The number of methoxy groups -OCH3 is 1. The number of hydrogen-bond acceptors (Lipinski definition) is 2. The van der Waals surface area contributed by atoms with Crippen molar-refractivity contribution < 1.29 is 4.74 Å². The van der Waals surface area contributed by atoms with Gasteiger partial charge in [-0.2, -0.15) is 0 Å². The topological polar surface area (TPSA) is 9.23 Å². The predicted molar refractivity (Wildman–Crippen MR) is 68.3 cm³/mol. The highest BCUT2D eigenvalue weighted by molar-refractivity contribution is 7.99. The maximum atomic E-state index is 5.20. The summed E-state index contributed by atoms with van der Waals surface area (Å²) in [6.07, 6.45) is 0. The van der Waals surface area contributed by atoms with Crippen LogP contribution in [0.2, 0.25) is 0 Å². The van der Waals surface area contributed by atoms with Crippen LogP contribution >= 0.6 is 11.8 Å². The van der Waals surface area contributed by atoms with Gasteiger partial charge in [-0.1, -0.05) is 35.5 Å². The van der Waals surface area contributed by atoms with E-state index in [0.29, 0.717) is 0 Å². The van der Waals surface area contributed by atoms with Crippen molar-refractivity contribution in [1.29, 1.82) is 0 Å². The van der Waals surface area contributed by atoms with E-state index >= 15 is 0 Å². The molecule has 1 nitrogen and oxygen atoms in total. The van der Waals surface area contributed by atoms with Crippen molar-refractivity contribution in [3.05, 3.63) is 54.1 Å². The molecule has 0 radical (unpaired) electrons. The molecule has 0 amide bonds. The molecule has 0 spiro atoms. The van der Waals surface area contributed by atoms with E-state index in [1.807, 2.05) is 18.2 Å². The van der Waals surface area contributed by atoms with Crippen LogP contribution in [-0.4, -0.2) is 7.11 Å². The van der Waals surface area contributed by atoms with Crippen molar-refractivity contribution >= 4 is 11.8 Å². The first-order valence-electron chi connectivity index (χ1n) is 5.16. The van der Waals surface area contributed by atoms with E-state index in [9.17, 15) is 0 Å². The molecule has 0 aromatic heterocycles. The average Bonchev–Trinajstić information content (AvgIpc) is 2.29. The molecule has 0 heterocycles. The van der Waals surface area contributed by atoms with Crippen LogP contribution in [-0.2, 0) is 0 Å². The van der Waals surface area contributed by atoms with Crippen LogP contribution in [0.4, 0.5) is 0 Å². The summed E-state index contributed by atoms with van der Waals surface area (Å²) < 4.78 is 5.20. The number of ether oxygens (including phenoxy) is 1. The third-order valence-electron chi connectivity index (χ3n) is 2.27. The molecule has 0 bridgehead atoms. The van der Waals surface area contributed by atoms with Crippen LogP contribution in [0.1, 0.15) is 5.56 Å². The molecule has 0 N–H and O–H groups in total. The molecule has 0 aliphatic carbocycles. The summed E-state index contributed by atoms with van der Waals surface area (Å²) in [5.41, 5.74) is 1.29. The first-order valence-corrected chi connectivity index (χ1v) is 5.98. The Bertz CT molecular complexity index is 480. The van der Waals surface area contributed by atoms with Crippen LogP contribution < -0.4 is 4.74 Å². The van der Waals surface area contributed by atoms with Crippen molar-refractivity contribution in [2.75, 3.05) is 7.11 Å². The Morgan fingerprint density at radius 2 is 1.62 bits per heavy atom. The second-order valence-corrected chi connectivity index (χ2v) is 4.74. The molecule has 0 saturated carbocycles. The van der Waals surface area contributed by atoms with Gasteiger partial charge in [-0.15, -0.1) is 0 Å². The Kier molecular flexibility index (Phi) is 3.52. The predicted octanol–water partition coefficient (Wildman–Crippen LogP) is 4.15. The van der Waals surface area contributed by atoms with E-state index in [4.69, 9.17) is 4.74 Å². The van der Waals surface area contributed by atoms with E-state index in [1.165, 1.54) is 15.4 Å². The van der Waals surface area contributed by atoms with Crippen LogP contribution in [0.5, 0.6) is 5.75 Å². The molecule has 0 fully saturated rings. The Balaban J connectivity index is 2.20. The molecular formula is C14H14OS. The minimum atomic E-state index is 0.901. The summed E-state index contributed by atoms with van der Waals surface area (Å²) in [7, 11) is 1.69. The fourth-order valence-electron chi connectivity index (χ4n) is 1.48. The highest BCUT2D eigenvalue weighted by Gasteiger charge is 1.99. The van der Waals surface area contributed by atoms with Gasteiger partial charge in [0.1, 0.15) is 5.75 Å². The van der Waals surface area contributed by atoms with Crippen molar-refractivity contribution in [3.8, 4) is 5.75 Å². The standard InChI is InChI=1S/C14H14OS/c1-11-5-3-7-13(9-11)16-14-8-4-6-12(10-14)15-2/h3-10H,1-2H3. The highest BCUT2D eigenvalue weighted by Crippen LogP contribution is 2.30. The van der Waals surface area contributed by atoms with Crippen molar-refractivity contribution in [2.45, 2.75) is 16.7 Å². The molecule has 2 aromatic rings. The quantitative estimate of drug-likeness (QED) is 0.783. The zero-order valence-corrected chi connectivity index (χ0v) is 10.3. The van der Waals surface area contributed by atoms with E-state index in [-0.39, 0.29) is 0 Å². The highest BCUT2D eigenvalue weighted by atomic mass is 32.2. The summed E-state index contributed by atoms with van der Waals surface area (Å²) in [6, 6.07) is 16.6. The second kappa shape index (κ2) is 5.08. The van der Waals surface area contributed by atoms with Gasteiger partial charge in [-0.05, 0) is 37.3 Å². The summed E-state index contributed by atoms with van der Waals surface area (Å²) in [5.74, 6) is 0.901. The van der Waals surface area contributed by atoms with Gasteiger partial charge in [0.2, 0.25) is 0 Å². The number of benzene rings is 2. The third kappa shape index (κ3) is 2.80. The maximum Gasteiger partial charge on any atom is 0.119 e. The Hall–Kier alpha value is -1.41. The van der Waals surface area contributed by atoms with Gasteiger partial charge in [0.25, 0.3) is 0 Å². The fourth-order valence-corrected chi connectivity index (χ4v) is 2.46. The van der Waals surface area contributed by atoms with E-state index < -0.39 is 0 Å². The lowest BCUT2D eigenvalue weighted by molar-refractivity contribution is 0.413. The molecular weight excluding hydrogens is 216 g/mol. The third-order valence-corrected chi connectivity index (χ3v) is 3.25. The SMILES string of the molecule is COc1cccc(Sc2cccc(C)c2)c1. The van der Waals surface area contributed by atoms with Gasteiger partial charge in [0, 0.05) is 9.79 Å². The molecule has 0 unspecified atom stereocenters. The number of hydrogen-bond donors (Lipinski definition) is 0. The molecule has 0 aliphatic heterocycles. The van der Waals surface area contributed by atoms with Gasteiger partial charge in [-0.25, -0.2) is 0 Å². The Labute approximate surface area is 100 Å². The molecule has 2 aromatic carbocycles. The molecule has 16 heavy (non-hydrogen) atoms. The maximum absolute atomic E-state index is 5.20. The van der Waals surface area contributed by atoms with E-state index in [1.54, 1.807) is 18.9 Å².